The van der Waals surface area contributed by atoms with Crippen molar-refractivity contribution >= 4 is 18.0 Å². The molecule has 2 N–H and O–H groups in total. The molecule has 6 nitrogen and oxygen atoms in total. The van der Waals surface area contributed by atoms with Crippen molar-refractivity contribution in [3.05, 3.63) is 35.4 Å². The van der Waals surface area contributed by atoms with E-state index < -0.39 is 5.97 Å². The summed E-state index contributed by atoms with van der Waals surface area (Å²) in [6.07, 6.45) is 2.37. The van der Waals surface area contributed by atoms with Crippen LogP contribution in [-0.4, -0.2) is 43.2 Å². The van der Waals surface area contributed by atoms with Crippen LogP contribution in [0.5, 0.6) is 5.75 Å². The van der Waals surface area contributed by atoms with Crippen LogP contribution >= 0.6 is 0 Å². The Kier molecular flexibility index (Phi) is 5.08. The van der Waals surface area contributed by atoms with E-state index in [2.05, 4.69) is 5.43 Å². The molecule has 19 heavy (non-hydrogen) atoms. The lowest BCUT2D eigenvalue weighted by molar-refractivity contribution is -0.131. The Bertz CT molecular complexity index is 509. The molecule has 1 aromatic rings. The summed E-state index contributed by atoms with van der Waals surface area (Å²) in [5, 5.41) is 10.1. The number of rotatable bonds is 5. The van der Waals surface area contributed by atoms with Crippen LogP contribution in [0.25, 0.3) is 6.08 Å². The molecule has 0 aliphatic heterocycles. The Morgan fingerprint density at radius 3 is 2.58 bits per heavy atom. The Morgan fingerprint density at radius 1 is 1.37 bits per heavy atom. The molecule has 1 rings (SSSR count). The highest BCUT2D eigenvalue weighted by molar-refractivity contribution is 5.95. The highest BCUT2D eigenvalue weighted by Gasteiger charge is 2.09. The number of amides is 1. The van der Waals surface area contributed by atoms with Gasteiger partial charge in [0.25, 0.3) is 5.91 Å². The molecular weight excluding hydrogens is 248 g/mol. The zero-order chi connectivity index (χ0) is 14.4. The SMILES string of the molecule is COc1ccc(C(=O)NN(C)C)cc1/C=C/C(=O)O. The number of benzene rings is 1. The first-order valence-corrected chi connectivity index (χ1v) is 5.51. The summed E-state index contributed by atoms with van der Waals surface area (Å²) in [5.41, 5.74) is 3.54. The molecule has 0 radical (unpaired) electrons. The Morgan fingerprint density at radius 2 is 2.05 bits per heavy atom. The smallest absolute Gasteiger partial charge is 0.328 e. The fourth-order valence-electron chi connectivity index (χ4n) is 1.43. The number of carboxylic acid groups (broad SMARTS) is 1. The largest absolute Gasteiger partial charge is 0.496 e. The third kappa shape index (κ3) is 4.44. The second kappa shape index (κ2) is 6.55. The summed E-state index contributed by atoms with van der Waals surface area (Å²) >= 11 is 0. The van der Waals surface area contributed by atoms with E-state index in [4.69, 9.17) is 9.84 Å². The van der Waals surface area contributed by atoms with Gasteiger partial charge in [-0.2, -0.15) is 0 Å². The van der Waals surface area contributed by atoms with Crippen molar-refractivity contribution in [3.8, 4) is 5.75 Å². The van der Waals surface area contributed by atoms with Gasteiger partial charge in [-0.25, -0.2) is 9.80 Å². The molecule has 0 saturated heterocycles. The highest BCUT2D eigenvalue weighted by Crippen LogP contribution is 2.21. The third-order valence-electron chi connectivity index (χ3n) is 2.22. The monoisotopic (exact) mass is 264 g/mol. The van der Waals surface area contributed by atoms with E-state index in [9.17, 15) is 9.59 Å². The number of hydrogen-bond acceptors (Lipinski definition) is 4. The predicted molar refractivity (Wildman–Crippen MR) is 70.8 cm³/mol. The Labute approximate surface area is 111 Å². The Balaban J connectivity index is 3.07. The first kappa shape index (κ1) is 14.7. The number of aliphatic carboxylic acids is 1. The van der Waals surface area contributed by atoms with Gasteiger partial charge in [0, 0.05) is 31.3 Å². The maximum atomic E-state index is 11.8. The topological polar surface area (TPSA) is 78.9 Å². The maximum Gasteiger partial charge on any atom is 0.328 e. The van der Waals surface area contributed by atoms with Crippen molar-refractivity contribution in [3.63, 3.8) is 0 Å². The van der Waals surface area contributed by atoms with Crippen LogP contribution in [0.1, 0.15) is 15.9 Å². The fraction of sp³-hybridized carbons (Fsp3) is 0.231. The number of methoxy groups -OCH3 is 1. The molecule has 0 fully saturated rings. The zero-order valence-electron chi connectivity index (χ0n) is 11.0. The van der Waals surface area contributed by atoms with Gasteiger partial charge in [0.05, 0.1) is 7.11 Å². The first-order chi connectivity index (χ1) is 8.93. The van der Waals surface area contributed by atoms with Gasteiger partial charge in [-0.05, 0) is 24.3 Å². The van der Waals surface area contributed by atoms with Gasteiger partial charge in [-0.1, -0.05) is 0 Å². The van der Waals surface area contributed by atoms with Gasteiger partial charge in [0.2, 0.25) is 0 Å². The van der Waals surface area contributed by atoms with Crippen LogP contribution < -0.4 is 10.2 Å². The standard InChI is InChI=1S/C13H16N2O4/c1-15(2)14-13(18)10-4-6-11(19-3)9(8-10)5-7-12(16)17/h4-8H,1-3H3,(H,14,18)(H,16,17)/b7-5+. The number of hydrazine groups is 1. The van der Waals surface area contributed by atoms with Crippen LogP contribution in [0.3, 0.4) is 0 Å². The van der Waals surface area contributed by atoms with Crippen molar-refractivity contribution in [2.75, 3.05) is 21.2 Å². The van der Waals surface area contributed by atoms with Gasteiger partial charge < -0.3 is 9.84 Å². The predicted octanol–water partition coefficient (Wildman–Crippen LogP) is 0.999. The molecule has 0 saturated carbocycles. The van der Waals surface area contributed by atoms with E-state index in [-0.39, 0.29) is 5.91 Å². The molecule has 0 bridgehead atoms. The number of nitrogens with zero attached hydrogens (tertiary/aromatic N) is 1. The summed E-state index contributed by atoms with van der Waals surface area (Å²) in [6.45, 7) is 0. The minimum absolute atomic E-state index is 0.280. The number of carbonyl (C=O) groups is 2. The van der Waals surface area contributed by atoms with Gasteiger partial charge in [0.15, 0.2) is 0 Å². The molecule has 0 atom stereocenters. The van der Waals surface area contributed by atoms with E-state index in [0.29, 0.717) is 16.9 Å². The van der Waals surface area contributed by atoms with E-state index in [1.165, 1.54) is 18.2 Å². The van der Waals surface area contributed by atoms with E-state index >= 15 is 0 Å². The molecular formula is C13H16N2O4. The lowest BCUT2D eigenvalue weighted by Crippen LogP contribution is -2.36. The molecule has 1 amide bonds. The van der Waals surface area contributed by atoms with Gasteiger partial charge in [-0.15, -0.1) is 0 Å². The summed E-state index contributed by atoms with van der Waals surface area (Å²) in [6, 6.07) is 4.79. The Hall–Kier alpha value is -2.34. The number of nitrogens with one attached hydrogen (secondary N) is 1. The normalized spacial score (nSPS) is 10.7. The van der Waals surface area contributed by atoms with Crippen molar-refractivity contribution in [1.82, 2.24) is 10.4 Å². The number of ether oxygens (including phenoxy) is 1. The average molecular weight is 264 g/mol. The molecule has 0 aliphatic carbocycles. The second-order valence-electron chi connectivity index (χ2n) is 3.96. The lowest BCUT2D eigenvalue weighted by Gasteiger charge is -2.13. The molecule has 0 heterocycles. The minimum Gasteiger partial charge on any atom is -0.496 e. The minimum atomic E-state index is -1.06. The van der Waals surface area contributed by atoms with E-state index in [1.54, 1.807) is 32.3 Å². The maximum absolute atomic E-state index is 11.8. The number of carboxylic acids is 1. The molecule has 0 spiro atoms. The van der Waals surface area contributed by atoms with E-state index in [0.717, 1.165) is 6.08 Å². The number of hydrogen-bond donors (Lipinski definition) is 2. The van der Waals surface area contributed by atoms with Crippen LogP contribution in [-0.2, 0) is 4.79 Å². The van der Waals surface area contributed by atoms with Gasteiger partial charge in [-0.3, -0.25) is 10.2 Å². The van der Waals surface area contributed by atoms with Crippen molar-refractivity contribution in [1.29, 1.82) is 0 Å². The zero-order valence-corrected chi connectivity index (χ0v) is 11.0. The second-order valence-corrected chi connectivity index (χ2v) is 3.96. The fourth-order valence-corrected chi connectivity index (χ4v) is 1.43. The van der Waals surface area contributed by atoms with E-state index in [1.807, 2.05) is 0 Å². The summed E-state index contributed by atoms with van der Waals surface area (Å²) in [4.78, 5) is 22.3. The van der Waals surface area contributed by atoms with Crippen LogP contribution in [0.4, 0.5) is 0 Å². The van der Waals surface area contributed by atoms with Gasteiger partial charge >= 0.3 is 5.97 Å². The summed E-state index contributed by atoms with van der Waals surface area (Å²) < 4.78 is 5.11. The first-order valence-electron chi connectivity index (χ1n) is 5.51. The van der Waals surface area contributed by atoms with Crippen LogP contribution in [0.15, 0.2) is 24.3 Å². The summed E-state index contributed by atoms with van der Waals surface area (Å²) in [7, 11) is 4.88. The quantitative estimate of drug-likeness (QED) is 0.612. The van der Waals surface area contributed by atoms with Crippen LogP contribution in [0.2, 0.25) is 0 Å². The third-order valence-corrected chi connectivity index (χ3v) is 2.22. The molecule has 0 aromatic heterocycles. The average Bonchev–Trinajstić information content (AvgIpc) is 2.35. The van der Waals surface area contributed by atoms with Gasteiger partial charge in [0.1, 0.15) is 5.75 Å². The number of carbonyl (C=O) groups excluding carboxylic acids is 1. The molecule has 102 valence electrons. The molecule has 6 heteroatoms. The van der Waals surface area contributed by atoms with Crippen LogP contribution in [0, 0.1) is 0 Å². The molecule has 0 aliphatic rings. The molecule has 1 aromatic carbocycles. The lowest BCUT2D eigenvalue weighted by atomic mass is 10.1. The van der Waals surface area contributed by atoms with Crippen molar-refractivity contribution in [2.45, 2.75) is 0 Å². The van der Waals surface area contributed by atoms with Crippen molar-refractivity contribution < 1.29 is 19.4 Å². The highest BCUT2D eigenvalue weighted by atomic mass is 16.5. The summed E-state index contributed by atoms with van der Waals surface area (Å²) in [5.74, 6) is -0.846. The van der Waals surface area contributed by atoms with Crippen molar-refractivity contribution in [2.24, 2.45) is 0 Å². The molecule has 0 unspecified atom stereocenters.